The van der Waals surface area contributed by atoms with E-state index >= 15 is 0 Å². The van der Waals surface area contributed by atoms with E-state index in [1.165, 1.54) is 31.5 Å². The lowest BCUT2D eigenvalue weighted by molar-refractivity contribution is -0.136. The van der Waals surface area contributed by atoms with Crippen LogP contribution in [0.5, 0.6) is 0 Å². The smallest absolute Gasteiger partial charge is 0.228 e. The van der Waals surface area contributed by atoms with Gasteiger partial charge in [0.25, 0.3) is 0 Å². The van der Waals surface area contributed by atoms with E-state index in [0.29, 0.717) is 13.2 Å². The maximum Gasteiger partial charge on any atom is 0.228 e. The van der Waals surface area contributed by atoms with Crippen LogP contribution in [0.3, 0.4) is 0 Å². The zero-order valence-electron chi connectivity index (χ0n) is 16.9. The summed E-state index contributed by atoms with van der Waals surface area (Å²) < 4.78 is 5.36. The largest absolute Gasteiger partial charge is 0.384 e. The molecule has 2 heterocycles. The molecule has 2 fully saturated rings. The molecule has 0 bridgehead atoms. The average molecular weight is 374 g/mol. The Morgan fingerprint density at radius 3 is 2.63 bits per heavy atom. The number of piperidine rings is 2. The third-order valence-corrected chi connectivity index (χ3v) is 6.09. The highest BCUT2D eigenvalue weighted by molar-refractivity contribution is 5.83. The van der Waals surface area contributed by atoms with E-state index in [4.69, 9.17) is 4.74 Å². The fraction of sp³-hybridized carbons (Fsp3) is 0.682. The highest BCUT2D eigenvalue weighted by Crippen LogP contribution is 2.29. The third kappa shape index (κ3) is 5.53. The van der Waals surface area contributed by atoms with Crippen molar-refractivity contribution in [2.45, 2.75) is 45.7 Å². The number of likely N-dealkylation sites (tertiary alicyclic amines) is 1. The Bertz CT molecular complexity index is 591. The number of amides is 1. The van der Waals surface area contributed by atoms with Gasteiger partial charge in [0.2, 0.25) is 5.91 Å². The second-order valence-electron chi connectivity index (χ2n) is 8.45. The molecule has 5 heteroatoms. The number of hydrogen-bond acceptors (Lipinski definition) is 4. The summed E-state index contributed by atoms with van der Waals surface area (Å²) in [7, 11) is 1.68. The number of methoxy groups -OCH3 is 1. The van der Waals surface area contributed by atoms with Crippen molar-refractivity contribution >= 4 is 5.91 Å². The van der Waals surface area contributed by atoms with Crippen molar-refractivity contribution in [3.63, 3.8) is 0 Å². The van der Waals surface area contributed by atoms with E-state index in [2.05, 4.69) is 46.7 Å². The molecule has 5 nitrogen and oxygen atoms in total. The Balaban J connectivity index is 1.51. The molecule has 2 N–H and O–H groups in total. The van der Waals surface area contributed by atoms with E-state index in [1.807, 2.05) is 0 Å². The summed E-state index contributed by atoms with van der Waals surface area (Å²) in [5.41, 5.74) is 2.12. The lowest BCUT2D eigenvalue weighted by atomic mass is 9.78. The van der Waals surface area contributed by atoms with Crippen molar-refractivity contribution in [1.82, 2.24) is 15.5 Å². The van der Waals surface area contributed by atoms with Crippen LogP contribution in [0.1, 0.15) is 43.7 Å². The zero-order valence-corrected chi connectivity index (χ0v) is 16.9. The van der Waals surface area contributed by atoms with Crippen LogP contribution in [0, 0.1) is 11.3 Å². The monoisotopic (exact) mass is 373 g/mol. The Hall–Kier alpha value is -1.43. The van der Waals surface area contributed by atoms with Gasteiger partial charge >= 0.3 is 0 Å². The molecule has 0 radical (unpaired) electrons. The summed E-state index contributed by atoms with van der Waals surface area (Å²) in [6.45, 7) is 8.61. The minimum atomic E-state index is -0.384. The summed E-state index contributed by atoms with van der Waals surface area (Å²) in [4.78, 5) is 15.4. The van der Waals surface area contributed by atoms with Crippen LogP contribution in [-0.4, -0.2) is 50.7 Å². The normalized spacial score (nSPS) is 23.1. The van der Waals surface area contributed by atoms with Crippen molar-refractivity contribution in [3.8, 4) is 0 Å². The van der Waals surface area contributed by atoms with E-state index in [0.717, 1.165) is 44.0 Å². The van der Waals surface area contributed by atoms with Crippen molar-refractivity contribution in [3.05, 3.63) is 35.4 Å². The zero-order chi connectivity index (χ0) is 19.1. The van der Waals surface area contributed by atoms with Crippen LogP contribution in [0.2, 0.25) is 0 Å². The summed E-state index contributed by atoms with van der Waals surface area (Å²) in [5.74, 6) is 0.930. The Kier molecular flexibility index (Phi) is 7.27. The number of nitrogens with zero attached hydrogens (tertiary/aromatic N) is 1. The number of carbonyl (C=O) groups excluding carboxylic acids is 1. The van der Waals surface area contributed by atoms with Gasteiger partial charge in [-0.3, -0.25) is 9.69 Å². The summed E-state index contributed by atoms with van der Waals surface area (Å²) in [6.07, 6.45) is 4.33. The molecule has 3 rings (SSSR count). The van der Waals surface area contributed by atoms with E-state index in [1.54, 1.807) is 7.11 Å². The lowest BCUT2D eigenvalue weighted by Gasteiger charge is -2.35. The summed E-state index contributed by atoms with van der Waals surface area (Å²) in [5, 5.41) is 6.47. The molecular formula is C22H35N3O2. The molecular weight excluding hydrogens is 338 g/mol. The van der Waals surface area contributed by atoms with Gasteiger partial charge in [-0.1, -0.05) is 31.2 Å². The van der Waals surface area contributed by atoms with Gasteiger partial charge in [-0.25, -0.2) is 0 Å². The first-order chi connectivity index (χ1) is 13.1. The number of ether oxygens (including phenoxy) is 1. The molecule has 1 atom stereocenters. The van der Waals surface area contributed by atoms with Crippen LogP contribution < -0.4 is 10.6 Å². The molecule has 0 spiro atoms. The van der Waals surface area contributed by atoms with Gasteiger partial charge in [0.15, 0.2) is 0 Å². The number of hydrogen-bond donors (Lipinski definition) is 2. The molecule has 2 aliphatic rings. The van der Waals surface area contributed by atoms with Gasteiger partial charge in [0.1, 0.15) is 0 Å². The van der Waals surface area contributed by atoms with Crippen LogP contribution in [0.15, 0.2) is 24.3 Å². The molecule has 2 aliphatic heterocycles. The first-order valence-corrected chi connectivity index (χ1v) is 10.4. The number of rotatable bonds is 7. The quantitative estimate of drug-likeness (QED) is 0.771. The Labute approximate surface area is 163 Å². The van der Waals surface area contributed by atoms with Crippen molar-refractivity contribution in [1.29, 1.82) is 0 Å². The molecule has 1 amide bonds. The Morgan fingerprint density at radius 1 is 1.26 bits per heavy atom. The highest BCUT2D eigenvalue weighted by Gasteiger charge is 2.39. The van der Waals surface area contributed by atoms with Gasteiger partial charge in [0.05, 0.1) is 12.0 Å². The van der Waals surface area contributed by atoms with Crippen LogP contribution in [0.25, 0.3) is 0 Å². The van der Waals surface area contributed by atoms with Crippen LogP contribution in [0.4, 0.5) is 0 Å². The highest BCUT2D eigenvalue weighted by atomic mass is 16.5. The fourth-order valence-corrected chi connectivity index (χ4v) is 4.44. The first-order valence-electron chi connectivity index (χ1n) is 10.4. The molecule has 1 aromatic rings. The van der Waals surface area contributed by atoms with Gasteiger partial charge in [-0.2, -0.15) is 0 Å². The molecule has 27 heavy (non-hydrogen) atoms. The van der Waals surface area contributed by atoms with Gasteiger partial charge < -0.3 is 15.4 Å². The Morgan fingerprint density at radius 2 is 1.96 bits per heavy atom. The van der Waals surface area contributed by atoms with Crippen molar-refractivity contribution in [2.75, 3.05) is 39.9 Å². The standard InChI is InChI=1S/C22H35N3O2/c1-18-4-3-13-25(15-18)16-20-7-5-19(6-8-20)14-24-21(26)22(17-27-2)9-11-23-12-10-22/h5-8,18,23H,3-4,9-17H2,1-2H3,(H,24,26). The molecule has 0 aliphatic carbocycles. The second kappa shape index (κ2) is 9.67. The first kappa shape index (κ1) is 20.3. The summed E-state index contributed by atoms with van der Waals surface area (Å²) >= 11 is 0. The predicted octanol–water partition coefficient (Wildman–Crippen LogP) is 2.55. The van der Waals surface area contributed by atoms with E-state index < -0.39 is 0 Å². The van der Waals surface area contributed by atoms with Crippen molar-refractivity contribution < 1.29 is 9.53 Å². The SMILES string of the molecule is COCC1(C(=O)NCc2ccc(CN3CCCC(C)C3)cc2)CCNCC1. The molecule has 0 saturated carbocycles. The predicted molar refractivity (Wildman–Crippen MR) is 108 cm³/mol. The van der Waals surface area contributed by atoms with E-state index in [-0.39, 0.29) is 11.3 Å². The van der Waals surface area contributed by atoms with Crippen molar-refractivity contribution in [2.24, 2.45) is 11.3 Å². The molecule has 2 saturated heterocycles. The lowest BCUT2D eigenvalue weighted by Crippen LogP contribution is -2.49. The number of carbonyl (C=O) groups is 1. The number of nitrogens with one attached hydrogen (secondary N) is 2. The van der Waals surface area contributed by atoms with Gasteiger partial charge in [-0.15, -0.1) is 0 Å². The average Bonchev–Trinajstić information content (AvgIpc) is 2.68. The molecule has 0 aromatic heterocycles. The molecule has 150 valence electrons. The topological polar surface area (TPSA) is 53.6 Å². The van der Waals surface area contributed by atoms with Gasteiger partial charge in [-0.05, 0) is 62.4 Å². The third-order valence-electron chi connectivity index (χ3n) is 6.09. The van der Waals surface area contributed by atoms with Gasteiger partial charge in [0, 0.05) is 26.7 Å². The maximum atomic E-state index is 12.8. The fourth-order valence-electron chi connectivity index (χ4n) is 4.44. The van der Waals surface area contributed by atoms with Crippen LogP contribution >= 0.6 is 0 Å². The maximum absolute atomic E-state index is 12.8. The minimum absolute atomic E-state index is 0.122. The van der Waals surface area contributed by atoms with Crippen LogP contribution in [-0.2, 0) is 22.6 Å². The second-order valence-corrected chi connectivity index (χ2v) is 8.45. The molecule has 1 aromatic carbocycles. The number of benzene rings is 1. The molecule has 1 unspecified atom stereocenters. The van der Waals surface area contributed by atoms with E-state index in [9.17, 15) is 4.79 Å². The minimum Gasteiger partial charge on any atom is -0.384 e. The summed E-state index contributed by atoms with van der Waals surface area (Å²) in [6, 6.07) is 8.70.